The van der Waals surface area contributed by atoms with Gasteiger partial charge in [0.2, 0.25) is 0 Å². The Labute approximate surface area is 113 Å². The van der Waals surface area contributed by atoms with Gasteiger partial charge in [-0.1, -0.05) is 29.8 Å². The Morgan fingerprint density at radius 1 is 1.26 bits per heavy atom. The molecule has 0 aliphatic carbocycles. The Balaban J connectivity index is 2.75. The predicted octanol–water partition coefficient (Wildman–Crippen LogP) is 2.31. The Kier molecular flexibility index (Phi) is 5.79. The highest BCUT2D eigenvalue weighted by Gasteiger charge is 2.20. The van der Waals surface area contributed by atoms with Crippen LogP contribution in [0.15, 0.2) is 42.0 Å². The Bertz CT molecular complexity index is 462. The molecule has 1 N–H and O–H groups in total. The second kappa shape index (κ2) is 7.36. The highest BCUT2D eigenvalue weighted by atomic mass is 16.5. The van der Waals surface area contributed by atoms with Crippen LogP contribution in [0.1, 0.15) is 30.6 Å². The number of hydrogen-bond acceptors (Lipinski definition) is 3. The third-order valence-electron chi connectivity index (χ3n) is 2.59. The summed E-state index contributed by atoms with van der Waals surface area (Å²) in [5.41, 5.74) is 1.61. The molecule has 102 valence electrons. The van der Waals surface area contributed by atoms with Crippen LogP contribution in [0, 0.1) is 0 Å². The minimum atomic E-state index is -0.660. The number of carbonyl (C=O) groups is 2. The molecule has 0 radical (unpaired) electrons. The zero-order valence-electron chi connectivity index (χ0n) is 11.5. The van der Waals surface area contributed by atoms with Crippen LogP contribution in [0.2, 0.25) is 0 Å². The molecule has 1 aromatic rings. The first-order valence-electron chi connectivity index (χ1n) is 6.11. The number of nitrogens with one attached hydrogen (secondary N) is 1. The van der Waals surface area contributed by atoms with Crippen molar-refractivity contribution >= 4 is 11.9 Å². The zero-order valence-corrected chi connectivity index (χ0v) is 11.5. The quantitative estimate of drug-likeness (QED) is 0.653. The van der Waals surface area contributed by atoms with Gasteiger partial charge < -0.3 is 10.1 Å². The molecule has 0 saturated heterocycles. The fourth-order valence-electron chi connectivity index (χ4n) is 1.54. The third-order valence-corrected chi connectivity index (χ3v) is 2.59. The molecule has 0 aromatic heterocycles. The summed E-state index contributed by atoms with van der Waals surface area (Å²) in [6, 6.07) is 8.12. The summed E-state index contributed by atoms with van der Waals surface area (Å²) in [6.07, 6.45) is 2.32. The number of methoxy groups -OCH3 is 1. The highest BCUT2D eigenvalue weighted by Crippen LogP contribution is 2.04. The summed E-state index contributed by atoms with van der Waals surface area (Å²) in [4.78, 5) is 23.6. The van der Waals surface area contributed by atoms with Crippen molar-refractivity contribution in [2.75, 3.05) is 7.11 Å². The van der Waals surface area contributed by atoms with E-state index in [0.29, 0.717) is 12.0 Å². The largest absolute Gasteiger partial charge is 0.467 e. The van der Waals surface area contributed by atoms with Gasteiger partial charge in [0.15, 0.2) is 0 Å². The number of esters is 1. The van der Waals surface area contributed by atoms with Crippen LogP contribution in [0.3, 0.4) is 0 Å². The maximum absolute atomic E-state index is 12.0. The van der Waals surface area contributed by atoms with E-state index in [1.54, 1.807) is 24.3 Å². The lowest BCUT2D eigenvalue weighted by molar-refractivity contribution is -0.142. The number of amides is 1. The molecule has 4 heteroatoms. The van der Waals surface area contributed by atoms with Crippen molar-refractivity contribution in [3.05, 3.63) is 47.5 Å². The van der Waals surface area contributed by atoms with E-state index < -0.39 is 12.0 Å². The van der Waals surface area contributed by atoms with Gasteiger partial charge in [0.25, 0.3) is 5.91 Å². The molecule has 0 spiro atoms. The number of allylic oxidation sites excluding steroid dienone is 1. The summed E-state index contributed by atoms with van der Waals surface area (Å²) in [5.74, 6) is -0.722. The molecular weight excluding hydrogens is 242 g/mol. The Morgan fingerprint density at radius 2 is 1.89 bits per heavy atom. The number of hydrogen-bond donors (Lipinski definition) is 1. The Morgan fingerprint density at radius 3 is 2.42 bits per heavy atom. The smallest absolute Gasteiger partial charge is 0.328 e. The van der Waals surface area contributed by atoms with Crippen LogP contribution in [0.5, 0.6) is 0 Å². The molecular formula is C15H19NO3. The molecule has 19 heavy (non-hydrogen) atoms. The summed E-state index contributed by atoms with van der Waals surface area (Å²) in [5, 5.41) is 2.68. The summed E-state index contributed by atoms with van der Waals surface area (Å²) < 4.78 is 4.70. The zero-order chi connectivity index (χ0) is 14.3. The summed E-state index contributed by atoms with van der Waals surface area (Å²) in [6.45, 7) is 3.88. The van der Waals surface area contributed by atoms with E-state index in [-0.39, 0.29) is 5.91 Å². The average molecular weight is 261 g/mol. The molecule has 1 rings (SSSR count). The standard InChI is InChI=1S/C15H19NO3/c1-11(2)9-10-13(15(18)19-3)16-14(17)12-7-5-4-6-8-12/h4-9,13H,10H2,1-3H3,(H,16,17)/t13-/m1/s1. The van der Waals surface area contributed by atoms with E-state index in [1.165, 1.54) is 7.11 Å². The number of carbonyl (C=O) groups excluding carboxylic acids is 2. The Hall–Kier alpha value is -2.10. The first-order valence-corrected chi connectivity index (χ1v) is 6.11. The number of rotatable bonds is 5. The van der Waals surface area contributed by atoms with Crippen molar-refractivity contribution in [1.29, 1.82) is 0 Å². The summed E-state index contributed by atoms with van der Waals surface area (Å²) >= 11 is 0. The fourth-order valence-corrected chi connectivity index (χ4v) is 1.54. The van der Waals surface area contributed by atoms with Crippen LogP contribution in [-0.4, -0.2) is 25.0 Å². The van der Waals surface area contributed by atoms with E-state index >= 15 is 0 Å². The molecule has 0 saturated carbocycles. The molecule has 0 bridgehead atoms. The second-order valence-electron chi connectivity index (χ2n) is 4.43. The summed E-state index contributed by atoms with van der Waals surface area (Å²) in [7, 11) is 1.31. The van der Waals surface area contributed by atoms with E-state index in [9.17, 15) is 9.59 Å². The van der Waals surface area contributed by atoms with Crippen molar-refractivity contribution < 1.29 is 14.3 Å². The topological polar surface area (TPSA) is 55.4 Å². The molecule has 0 fully saturated rings. The first kappa shape index (κ1) is 15.0. The van der Waals surface area contributed by atoms with Crippen LogP contribution in [0.25, 0.3) is 0 Å². The van der Waals surface area contributed by atoms with Gasteiger partial charge in [-0.25, -0.2) is 4.79 Å². The lowest BCUT2D eigenvalue weighted by atomic mass is 10.1. The van der Waals surface area contributed by atoms with Gasteiger partial charge in [-0.3, -0.25) is 4.79 Å². The fraction of sp³-hybridized carbons (Fsp3) is 0.333. The van der Waals surface area contributed by atoms with Gasteiger partial charge in [-0.05, 0) is 32.4 Å². The molecule has 4 nitrogen and oxygen atoms in total. The van der Waals surface area contributed by atoms with Gasteiger partial charge >= 0.3 is 5.97 Å². The van der Waals surface area contributed by atoms with E-state index in [4.69, 9.17) is 4.74 Å². The molecule has 0 unspecified atom stereocenters. The normalized spacial score (nSPS) is 11.3. The van der Waals surface area contributed by atoms with E-state index in [0.717, 1.165) is 5.57 Å². The molecule has 1 atom stereocenters. The molecule has 0 aliphatic heterocycles. The van der Waals surface area contributed by atoms with Crippen molar-refractivity contribution in [2.45, 2.75) is 26.3 Å². The van der Waals surface area contributed by atoms with Crippen LogP contribution in [-0.2, 0) is 9.53 Å². The van der Waals surface area contributed by atoms with Crippen molar-refractivity contribution in [1.82, 2.24) is 5.32 Å². The van der Waals surface area contributed by atoms with Crippen molar-refractivity contribution in [2.24, 2.45) is 0 Å². The number of benzene rings is 1. The first-order chi connectivity index (χ1) is 9.04. The van der Waals surface area contributed by atoms with Gasteiger partial charge in [0.1, 0.15) is 6.04 Å². The van der Waals surface area contributed by atoms with Gasteiger partial charge in [-0.2, -0.15) is 0 Å². The lowest BCUT2D eigenvalue weighted by Crippen LogP contribution is -2.41. The number of ether oxygens (including phenoxy) is 1. The lowest BCUT2D eigenvalue weighted by Gasteiger charge is -2.15. The van der Waals surface area contributed by atoms with Crippen molar-refractivity contribution in [3.8, 4) is 0 Å². The predicted molar refractivity (Wildman–Crippen MR) is 73.8 cm³/mol. The third kappa shape index (κ3) is 4.95. The maximum Gasteiger partial charge on any atom is 0.328 e. The highest BCUT2D eigenvalue weighted by molar-refractivity contribution is 5.96. The minimum absolute atomic E-state index is 0.279. The molecule has 0 heterocycles. The van der Waals surface area contributed by atoms with Gasteiger partial charge in [-0.15, -0.1) is 0 Å². The van der Waals surface area contributed by atoms with Crippen LogP contribution < -0.4 is 5.32 Å². The van der Waals surface area contributed by atoms with Gasteiger partial charge in [0, 0.05) is 5.56 Å². The van der Waals surface area contributed by atoms with Crippen molar-refractivity contribution in [3.63, 3.8) is 0 Å². The monoisotopic (exact) mass is 261 g/mol. The maximum atomic E-state index is 12.0. The van der Waals surface area contributed by atoms with Crippen LogP contribution >= 0.6 is 0 Å². The molecule has 1 amide bonds. The van der Waals surface area contributed by atoms with E-state index in [1.807, 2.05) is 26.0 Å². The van der Waals surface area contributed by atoms with E-state index in [2.05, 4.69) is 5.32 Å². The molecule has 0 aliphatic rings. The molecule has 1 aromatic carbocycles. The van der Waals surface area contributed by atoms with Crippen LogP contribution in [0.4, 0.5) is 0 Å². The minimum Gasteiger partial charge on any atom is -0.467 e. The SMILES string of the molecule is COC(=O)[C@@H](CC=C(C)C)NC(=O)c1ccccc1. The second-order valence-corrected chi connectivity index (χ2v) is 4.43. The average Bonchev–Trinajstić information content (AvgIpc) is 2.43. The van der Waals surface area contributed by atoms with Gasteiger partial charge in [0.05, 0.1) is 7.11 Å².